The van der Waals surface area contributed by atoms with E-state index in [1.165, 1.54) is 4.57 Å². The molecule has 3 heterocycles. The van der Waals surface area contributed by atoms with Gasteiger partial charge in [0.25, 0.3) is 5.56 Å². The number of halogens is 1. The van der Waals surface area contributed by atoms with E-state index in [1.807, 2.05) is 36.4 Å². The van der Waals surface area contributed by atoms with Gasteiger partial charge in [-0.05, 0) is 41.5 Å². The quantitative estimate of drug-likeness (QED) is 0.374. The summed E-state index contributed by atoms with van der Waals surface area (Å²) in [5, 5.41) is 0.491. The highest BCUT2D eigenvalue weighted by Gasteiger charge is 2.19. The molecule has 0 saturated carbocycles. The maximum absolute atomic E-state index is 13.7. The van der Waals surface area contributed by atoms with Crippen LogP contribution >= 0.6 is 11.6 Å². The minimum Gasteiger partial charge on any atom is -0.497 e. The highest BCUT2D eigenvalue weighted by atomic mass is 35.5. The topological polar surface area (TPSA) is 79.8 Å². The standard InChI is InChI=1S/C25H21ClN4O4/c1-33-19-7-3-16(4-8-19)14-29-23-22(27-21-13-18(26)11-12-28(21)23)24(31)30(25(29)32)15-17-5-9-20(34-2)10-6-17/h3-13H,14-15H2,1-2H3. The Labute approximate surface area is 199 Å². The number of pyridine rings is 1. The first-order valence-corrected chi connectivity index (χ1v) is 10.9. The fraction of sp³-hybridized carbons (Fsp3) is 0.160. The van der Waals surface area contributed by atoms with Crippen molar-refractivity contribution in [3.05, 3.63) is 104 Å². The van der Waals surface area contributed by atoms with Crippen LogP contribution in [0.15, 0.2) is 76.4 Å². The first-order valence-electron chi connectivity index (χ1n) is 10.6. The van der Waals surface area contributed by atoms with Crippen LogP contribution in [0.25, 0.3) is 16.8 Å². The highest BCUT2D eigenvalue weighted by Crippen LogP contribution is 2.19. The van der Waals surface area contributed by atoms with Gasteiger partial charge in [-0.25, -0.2) is 9.78 Å². The summed E-state index contributed by atoms with van der Waals surface area (Å²) in [5.74, 6) is 1.41. The van der Waals surface area contributed by atoms with E-state index in [4.69, 9.17) is 21.1 Å². The van der Waals surface area contributed by atoms with E-state index >= 15 is 0 Å². The summed E-state index contributed by atoms with van der Waals surface area (Å²) in [7, 11) is 3.18. The van der Waals surface area contributed by atoms with Crippen LogP contribution in [0.4, 0.5) is 0 Å². The van der Waals surface area contributed by atoms with Crippen LogP contribution in [0.3, 0.4) is 0 Å². The first kappa shape index (κ1) is 21.8. The van der Waals surface area contributed by atoms with Crippen molar-refractivity contribution < 1.29 is 9.47 Å². The largest absolute Gasteiger partial charge is 0.497 e. The summed E-state index contributed by atoms with van der Waals surface area (Å²) in [4.78, 5) is 31.6. The molecule has 34 heavy (non-hydrogen) atoms. The van der Waals surface area contributed by atoms with Crippen LogP contribution in [-0.4, -0.2) is 32.7 Å². The Hall–Kier alpha value is -4.04. The molecule has 0 atom stereocenters. The van der Waals surface area contributed by atoms with Crippen molar-refractivity contribution in [1.82, 2.24) is 18.5 Å². The Kier molecular flexibility index (Phi) is 5.59. The molecule has 0 fully saturated rings. The Bertz CT molecular complexity index is 1620. The normalized spacial score (nSPS) is 11.3. The zero-order valence-electron chi connectivity index (χ0n) is 18.6. The molecule has 3 aromatic heterocycles. The zero-order chi connectivity index (χ0) is 23.8. The summed E-state index contributed by atoms with van der Waals surface area (Å²) in [5.41, 5.74) is 1.89. The van der Waals surface area contributed by atoms with Gasteiger partial charge in [-0.15, -0.1) is 0 Å². The number of methoxy groups -OCH3 is 2. The lowest BCUT2D eigenvalue weighted by Crippen LogP contribution is -2.40. The summed E-state index contributed by atoms with van der Waals surface area (Å²) in [6.07, 6.45) is 1.71. The van der Waals surface area contributed by atoms with E-state index in [0.29, 0.717) is 22.1 Å². The lowest BCUT2D eigenvalue weighted by molar-refractivity contribution is 0.414. The minimum absolute atomic E-state index is 0.106. The fourth-order valence-electron chi connectivity index (χ4n) is 3.97. The Balaban J connectivity index is 1.72. The van der Waals surface area contributed by atoms with E-state index in [2.05, 4.69) is 4.98 Å². The van der Waals surface area contributed by atoms with Gasteiger partial charge in [0.15, 0.2) is 11.2 Å². The number of hydrogen-bond acceptors (Lipinski definition) is 5. The molecule has 0 amide bonds. The molecule has 0 spiro atoms. The average molecular weight is 477 g/mol. The van der Waals surface area contributed by atoms with Gasteiger partial charge in [-0.1, -0.05) is 35.9 Å². The molecule has 172 valence electrons. The number of ether oxygens (including phenoxy) is 2. The number of aromatic nitrogens is 4. The third kappa shape index (κ3) is 3.82. The fourth-order valence-corrected chi connectivity index (χ4v) is 4.12. The Morgan fingerprint density at radius 2 is 1.38 bits per heavy atom. The molecule has 0 bridgehead atoms. The van der Waals surface area contributed by atoms with Crippen LogP contribution in [0.2, 0.25) is 5.02 Å². The van der Waals surface area contributed by atoms with Crippen molar-refractivity contribution in [3.8, 4) is 11.5 Å². The van der Waals surface area contributed by atoms with Crippen LogP contribution in [0, 0.1) is 0 Å². The lowest BCUT2D eigenvalue weighted by Gasteiger charge is -2.13. The molecule has 0 aliphatic rings. The molecule has 0 N–H and O–H groups in total. The maximum atomic E-state index is 13.7. The van der Waals surface area contributed by atoms with Gasteiger partial charge in [-0.3, -0.25) is 18.3 Å². The number of rotatable bonds is 6. The predicted molar refractivity (Wildman–Crippen MR) is 130 cm³/mol. The number of hydrogen-bond donors (Lipinski definition) is 0. The van der Waals surface area contributed by atoms with Crippen LogP contribution in [0.5, 0.6) is 11.5 Å². The molecule has 0 saturated heterocycles. The molecular formula is C25H21ClN4O4. The first-order chi connectivity index (χ1) is 16.5. The SMILES string of the molecule is COc1ccc(Cn2c(=O)c3nc4cc(Cl)ccn4c3n(Cc3ccc(OC)cc3)c2=O)cc1. The van der Waals surface area contributed by atoms with Gasteiger partial charge < -0.3 is 9.47 Å². The van der Waals surface area contributed by atoms with Gasteiger partial charge in [-0.2, -0.15) is 0 Å². The van der Waals surface area contributed by atoms with Gasteiger partial charge in [0.1, 0.15) is 17.1 Å². The van der Waals surface area contributed by atoms with Gasteiger partial charge in [0, 0.05) is 17.3 Å². The molecule has 8 nitrogen and oxygen atoms in total. The summed E-state index contributed by atoms with van der Waals surface area (Å²) < 4.78 is 14.9. The molecule has 0 aliphatic heterocycles. The second kappa shape index (κ2) is 8.72. The predicted octanol–water partition coefficient (Wildman–Crippen LogP) is 3.58. The molecule has 0 radical (unpaired) electrons. The summed E-state index contributed by atoms with van der Waals surface area (Å²) in [6.45, 7) is 0.355. The molecule has 9 heteroatoms. The van der Waals surface area contributed by atoms with Gasteiger partial charge in [0.2, 0.25) is 0 Å². The van der Waals surface area contributed by atoms with Crippen LogP contribution < -0.4 is 20.7 Å². The van der Waals surface area contributed by atoms with Crippen molar-refractivity contribution in [2.45, 2.75) is 13.1 Å². The number of nitrogens with zero attached hydrogens (tertiary/aromatic N) is 4. The van der Waals surface area contributed by atoms with Crippen molar-refractivity contribution in [3.63, 3.8) is 0 Å². The second-order valence-electron chi connectivity index (χ2n) is 7.81. The van der Waals surface area contributed by atoms with Crippen molar-refractivity contribution in [2.24, 2.45) is 0 Å². The zero-order valence-corrected chi connectivity index (χ0v) is 19.3. The molecule has 0 unspecified atom stereocenters. The van der Waals surface area contributed by atoms with E-state index in [9.17, 15) is 9.59 Å². The molecule has 5 aromatic rings. The Morgan fingerprint density at radius 3 is 1.94 bits per heavy atom. The van der Waals surface area contributed by atoms with E-state index in [0.717, 1.165) is 16.9 Å². The third-order valence-corrected chi connectivity index (χ3v) is 5.96. The number of imidazole rings is 1. The molecule has 2 aromatic carbocycles. The van der Waals surface area contributed by atoms with Crippen LogP contribution in [-0.2, 0) is 13.1 Å². The van der Waals surface area contributed by atoms with E-state index in [1.54, 1.807) is 53.6 Å². The number of benzene rings is 2. The minimum atomic E-state index is -0.457. The summed E-state index contributed by atoms with van der Waals surface area (Å²) in [6, 6.07) is 18.0. The lowest BCUT2D eigenvalue weighted by atomic mass is 10.2. The molecule has 5 rings (SSSR count). The van der Waals surface area contributed by atoms with Gasteiger partial charge >= 0.3 is 5.69 Å². The van der Waals surface area contributed by atoms with Crippen molar-refractivity contribution >= 4 is 28.4 Å². The highest BCUT2D eigenvalue weighted by molar-refractivity contribution is 6.30. The average Bonchev–Trinajstić information content (AvgIpc) is 3.24. The van der Waals surface area contributed by atoms with E-state index in [-0.39, 0.29) is 18.6 Å². The Morgan fingerprint density at radius 1 is 0.824 bits per heavy atom. The van der Waals surface area contributed by atoms with Crippen molar-refractivity contribution in [1.29, 1.82) is 0 Å². The maximum Gasteiger partial charge on any atom is 0.333 e. The monoisotopic (exact) mass is 476 g/mol. The second-order valence-corrected chi connectivity index (χ2v) is 8.25. The van der Waals surface area contributed by atoms with Crippen molar-refractivity contribution in [2.75, 3.05) is 14.2 Å². The smallest absolute Gasteiger partial charge is 0.333 e. The van der Waals surface area contributed by atoms with Crippen LogP contribution in [0.1, 0.15) is 11.1 Å². The summed E-state index contributed by atoms with van der Waals surface area (Å²) >= 11 is 6.15. The molecule has 0 aliphatic carbocycles. The number of fused-ring (bicyclic) bond motifs is 3. The van der Waals surface area contributed by atoms with E-state index < -0.39 is 11.2 Å². The third-order valence-electron chi connectivity index (χ3n) is 5.73. The van der Waals surface area contributed by atoms with Gasteiger partial charge in [0.05, 0.1) is 27.3 Å². The molecular weight excluding hydrogens is 456 g/mol.